The monoisotopic (exact) mass is 329 g/mol. The van der Waals surface area contributed by atoms with Crippen molar-refractivity contribution in [2.45, 2.75) is 70.0 Å². The molecule has 2 aliphatic rings. The van der Waals surface area contributed by atoms with Crippen molar-refractivity contribution in [2.24, 2.45) is 0 Å². The van der Waals surface area contributed by atoms with Crippen molar-refractivity contribution in [3.8, 4) is 0 Å². The summed E-state index contributed by atoms with van der Waals surface area (Å²) in [5, 5.41) is 0. The van der Waals surface area contributed by atoms with Gasteiger partial charge in [-0.3, -0.25) is 4.79 Å². The van der Waals surface area contributed by atoms with Gasteiger partial charge in [-0.05, 0) is 32.6 Å². The number of hydrogen-bond acceptors (Lipinski definition) is 5. The number of nitrogens with zero attached hydrogens (tertiary/aromatic N) is 1. The van der Waals surface area contributed by atoms with E-state index < -0.39 is 0 Å². The summed E-state index contributed by atoms with van der Waals surface area (Å²) in [6.45, 7) is 3.22. The van der Waals surface area contributed by atoms with Crippen molar-refractivity contribution in [1.82, 2.24) is 4.90 Å². The van der Waals surface area contributed by atoms with Crippen molar-refractivity contribution >= 4 is 24.7 Å². The second kappa shape index (κ2) is 8.09. The molecule has 0 radical (unpaired) electrons. The number of likely N-dealkylation sites (tertiary alicyclic amines) is 1. The Bertz CT molecular complexity index is 388. The molecule has 0 aromatic carbocycles. The predicted molar refractivity (Wildman–Crippen MR) is 87.1 cm³/mol. The smallest absolute Gasteiger partial charge is 0.410 e. The first-order valence-corrected chi connectivity index (χ1v) is 8.94. The molecule has 1 aliphatic carbocycles. The van der Waals surface area contributed by atoms with Crippen molar-refractivity contribution in [3.05, 3.63) is 0 Å². The number of esters is 1. The fraction of sp³-hybridized carbons (Fsp3) is 0.875. The van der Waals surface area contributed by atoms with E-state index in [4.69, 9.17) is 9.47 Å². The highest BCUT2D eigenvalue weighted by molar-refractivity contribution is 7.80. The molecule has 0 bridgehead atoms. The van der Waals surface area contributed by atoms with Crippen LogP contribution >= 0.6 is 12.6 Å². The second-order valence-electron chi connectivity index (χ2n) is 6.53. The topological polar surface area (TPSA) is 55.8 Å². The highest BCUT2D eigenvalue weighted by Gasteiger charge is 2.34. The van der Waals surface area contributed by atoms with Gasteiger partial charge in [0.2, 0.25) is 0 Å². The van der Waals surface area contributed by atoms with Gasteiger partial charge < -0.3 is 14.4 Å². The first-order valence-electron chi connectivity index (χ1n) is 8.31. The Kier molecular flexibility index (Phi) is 6.41. The lowest BCUT2D eigenvalue weighted by atomic mass is 9.86. The standard InChI is InChI=1S/C16H27NO4S/c1-16(8-3-2-4-9-16)21-15(19)17-10-5-13(6-11-17)20-14(18)7-12-22/h13,22H,2-12H2,1H3. The van der Waals surface area contributed by atoms with E-state index in [0.717, 1.165) is 25.7 Å². The summed E-state index contributed by atoms with van der Waals surface area (Å²) in [6, 6.07) is 0. The number of carbonyl (C=O) groups is 2. The third kappa shape index (κ3) is 5.07. The van der Waals surface area contributed by atoms with Gasteiger partial charge in [-0.1, -0.05) is 6.42 Å². The van der Waals surface area contributed by atoms with Crippen LogP contribution in [0.5, 0.6) is 0 Å². The van der Waals surface area contributed by atoms with Crippen LogP contribution in [0.1, 0.15) is 58.3 Å². The van der Waals surface area contributed by atoms with Crippen LogP contribution in [-0.2, 0) is 14.3 Å². The normalized spacial score (nSPS) is 22.2. The highest BCUT2D eigenvalue weighted by atomic mass is 32.1. The molecule has 1 aliphatic heterocycles. The van der Waals surface area contributed by atoms with E-state index in [1.165, 1.54) is 6.42 Å². The maximum atomic E-state index is 12.3. The van der Waals surface area contributed by atoms with Crippen molar-refractivity contribution in [3.63, 3.8) is 0 Å². The third-order valence-electron chi connectivity index (χ3n) is 4.56. The lowest BCUT2D eigenvalue weighted by Crippen LogP contribution is -2.45. The average molecular weight is 329 g/mol. The van der Waals surface area contributed by atoms with E-state index in [0.29, 0.717) is 38.1 Å². The molecule has 1 heterocycles. The van der Waals surface area contributed by atoms with Crippen molar-refractivity contribution in [1.29, 1.82) is 0 Å². The number of rotatable bonds is 4. The maximum Gasteiger partial charge on any atom is 0.410 e. The zero-order valence-corrected chi connectivity index (χ0v) is 14.3. The predicted octanol–water partition coefficient (Wildman–Crippen LogP) is 3.17. The van der Waals surface area contributed by atoms with Crippen LogP contribution in [0.2, 0.25) is 0 Å². The zero-order chi connectivity index (χ0) is 16.0. The highest BCUT2D eigenvalue weighted by Crippen LogP contribution is 2.32. The van der Waals surface area contributed by atoms with E-state index in [9.17, 15) is 9.59 Å². The molecule has 0 N–H and O–H groups in total. The fourth-order valence-electron chi connectivity index (χ4n) is 3.17. The van der Waals surface area contributed by atoms with Gasteiger partial charge in [0.05, 0.1) is 6.42 Å². The Hall–Kier alpha value is -0.910. The molecule has 22 heavy (non-hydrogen) atoms. The zero-order valence-electron chi connectivity index (χ0n) is 13.4. The lowest BCUT2D eigenvalue weighted by Gasteiger charge is -2.37. The lowest BCUT2D eigenvalue weighted by molar-refractivity contribution is -0.150. The van der Waals surface area contributed by atoms with Gasteiger partial charge >= 0.3 is 12.1 Å². The number of hydrogen-bond donors (Lipinski definition) is 1. The Labute approximate surface area is 138 Å². The Morgan fingerprint density at radius 3 is 2.41 bits per heavy atom. The molecule has 1 saturated carbocycles. The molecule has 0 aromatic heterocycles. The minimum atomic E-state index is -0.300. The summed E-state index contributed by atoms with van der Waals surface area (Å²) < 4.78 is 11.1. The van der Waals surface area contributed by atoms with E-state index in [-0.39, 0.29) is 23.8 Å². The van der Waals surface area contributed by atoms with E-state index >= 15 is 0 Å². The van der Waals surface area contributed by atoms with Gasteiger partial charge in [0.1, 0.15) is 11.7 Å². The summed E-state index contributed by atoms with van der Waals surface area (Å²) in [5.41, 5.74) is -0.300. The van der Waals surface area contributed by atoms with Crippen molar-refractivity contribution < 1.29 is 19.1 Å². The van der Waals surface area contributed by atoms with Crippen LogP contribution in [-0.4, -0.2) is 47.5 Å². The van der Waals surface area contributed by atoms with Gasteiger partial charge in [0.25, 0.3) is 0 Å². The minimum Gasteiger partial charge on any atom is -0.462 e. The number of piperidine rings is 1. The molecule has 0 unspecified atom stereocenters. The van der Waals surface area contributed by atoms with Gasteiger partial charge in [-0.25, -0.2) is 4.79 Å². The summed E-state index contributed by atoms with van der Waals surface area (Å²) in [5.74, 6) is 0.300. The first-order chi connectivity index (χ1) is 10.5. The van der Waals surface area contributed by atoms with Gasteiger partial charge in [0, 0.05) is 31.7 Å². The maximum absolute atomic E-state index is 12.3. The van der Waals surface area contributed by atoms with Crippen LogP contribution in [0.15, 0.2) is 0 Å². The Balaban J connectivity index is 1.74. The summed E-state index contributed by atoms with van der Waals surface area (Å²) in [6.07, 6.45) is 6.81. The fourth-order valence-corrected chi connectivity index (χ4v) is 3.35. The molecule has 1 amide bonds. The van der Waals surface area contributed by atoms with Crippen molar-refractivity contribution in [2.75, 3.05) is 18.8 Å². The van der Waals surface area contributed by atoms with Crippen LogP contribution in [0.25, 0.3) is 0 Å². The molecule has 0 atom stereocenters. The molecule has 1 saturated heterocycles. The third-order valence-corrected chi connectivity index (χ3v) is 4.78. The van der Waals surface area contributed by atoms with Gasteiger partial charge in [-0.2, -0.15) is 12.6 Å². The minimum absolute atomic E-state index is 0.0818. The Morgan fingerprint density at radius 2 is 1.82 bits per heavy atom. The first kappa shape index (κ1) is 17.4. The van der Waals surface area contributed by atoms with Crippen LogP contribution in [0.3, 0.4) is 0 Å². The second-order valence-corrected chi connectivity index (χ2v) is 6.98. The molecular weight excluding hydrogens is 302 g/mol. The van der Waals surface area contributed by atoms with Gasteiger partial charge in [-0.15, -0.1) is 0 Å². The molecular formula is C16H27NO4S. The molecule has 2 fully saturated rings. The molecule has 126 valence electrons. The Morgan fingerprint density at radius 1 is 1.18 bits per heavy atom. The largest absolute Gasteiger partial charge is 0.462 e. The van der Waals surface area contributed by atoms with Crippen LogP contribution in [0.4, 0.5) is 4.79 Å². The quantitative estimate of drug-likeness (QED) is 0.636. The molecule has 6 heteroatoms. The SMILES string of the molecule is CC1(OC(=O)N2CCC(OC(=O)CCS)CC2)CCCCC1. The van der Waals surface area contributed by atoms with E-state index in [1.54, 1.807) is 4.90 Å². The van der Waals surface area contributed by atoms with Gasteiger partial charge in [0.15, 0.2) is 0 Å². The number of amides is 1. The summed E-state index contributed by atoms with van der Waals surface area (Å²) in [4.78, 5) is 25.5. The molecule has 2 rings (SSSR count). The van der Waals surface area contributed by atoms with E-state index in [2.05, 4.69) is 12.6 Å². The summed E-state index contributed by atoms with van der Waals surface area (Å²) in [7, 11) is 0. The number of thiol groups is 1. The molecule has 0 spiro atoms. The van der Waals surface area contributed by atoms with Crippen LogP contribution < -0.4 is 0 Å². The number of ether oxygens (including phenoxy) is 2. The summed E-state index contributed by atoms with van der Waals surface area (Å²) >= 11 is 4.02. The number of carbonyl (C=O) groups excluding carboxylic acids is 2. The van der Waals surface area contributed by atoms with E-state index in [1.807, 2.05) is 6.92 Å². The molecule has 0 aromatic rings. The van der Waals surface area contributed by atoms with Crippen LogP contribution in [0, 0.1) is 0 Å². The molecule has 5 nitrogen and oxygen atoms in total. The average Bonchev–Trinajstić information content (AvgIpc) is 2.48.